The first-order valence-electron chi connectivity index (χ1n) is 8.44. The fourth-order valence-electron chi connectivity index (χ4n) is 5.82. The molecule has 2 nitrogen and oxygen atoms in total. The lowest BCUT2D eigenvalue weighted by Crippen LogP contribution is -2.47. The van der Waals surface area contributed by atoms with Crippen LogP contribution in [0.2, 0.25) is 0 Å². The highest BCUT2D eigenvalue weighted by Crippen LogP contribution is 2.59. The van der Waals surface area contributed by atoms with Gasteiger partial charge in [0.25, 0.3) is 0 Å². The summed E-state index contributed by atoms with van der Waals surface area (Å²) in [6.45, 7) is 0. The van der Waals surface area contributed by atoms with E-state index in [2.05, 4.69) is 6.07 Å². The third-order valence-corrected chi connectivity index (χ3v) is 6.40. The highest BCUT2D eigenvalue weighted by Gasteiger charge is 2.51. The molecule has 4 aliphatic rings. The Morgan fingerprint density at radius 2 is 1.62 bits per heavy atom. The Balaban J connectivity index is 1.49. The second-order valence-corrected chi connectivity index (χ2v) is 7.64. The first-order chi connectivity index (χ1) is 10.3. The SMILES string of the molecule is OC(c1cc2ccccc2o1)C1C2CC3CC(C2)CC1C3. The van der Waals surface area contributed by atoms with Crippen molar-refractivity contribution in [1.29, 1.82) is 0 Å². The number of hydrogen-bond acceptors (Lipinski definition) is 2. The van der Waals surface area contributed by atoms with Crippen molar-refractivity contribution in [3.63, 3.8) is 0 Å². The molecule has 4 fully saturated rings. The van der Waals surface area contributed by atoms with Crippen LogP contribution in [0.3, 0.4) is 0 Å². The molecule has 1 aromatic heterocycles. The molecule has 1 N–H and O–H groups in total. The normalized spacial score (nSPS) is 39.0. The second-order valence-electron chi connectivity index (χ2n) is 7.64. The highest BCUT2D eigenvalue weighted by atomic mass is 16.4. The van der Waals surface area contributed by atoms with Crippen LogP contribution in [0, 0.1) is 29.6 Å². The van der Waals surface area contributed by atoms with Gasteiger partial charge in [-0.2, -0.15) is 0 Å². The third-order valence-electron chi connectivity index (χ3n) is 6.40. The fraction of sp³-hybridized carbons (Fsp3) is 0.579. The molecule has 0 radical (unpaired) electrons. The molecule has 0 amide bonds. The number of rotatable bonds is 2. The standard InChI is InChI=1S/C19H22O2/c20-19(17-10-13-3-1-2-4-16(13)21-17)18-14-6-11-5-12(8-14)9-15(18)7-11/h1-4,10-12,14-15,18-20H,5-9H2. The van der Waals surface area contributed by atoms with Crippen LogP contribution in [0.25, 0.3) is 11.0 Å². The number of hydrogen-bond donors (Lipinski definition) is 1. The molecule has 4 aliphatic carbocycles. The van der Waals surface area contributed by atoms with E-state index < -0.39 is 6.10 Å². The van der Waals surface area contributed by atoms with Crippen LogP contribution in [0.15, 0.2) is 34.7 Å². The summed E-state index contributed by atoms with van der Waals surface area (Å²) in [5, 5.41) is 12.1. The summed E-state index contributed by atoms with van der Waals surface area (Å²) in [6, 6.07) is 10.1. The lowest BCUT2D eigenvalue weighted by molar-refractivity contribution is -0.0956. The molecule has 0 aliphatic heterocycles. The van der Waals surface area contributed by atoms with Gasteiger partial charge in [-0.05, 0) is 73.8 Å². The largest absolute Gasteiger partial charge is 0.458 e. The Bertz CT molecular complexity index is 610. The van der Waals surface area contributed by atoms with Crippen molar-refractivity contribution in [2.45, 2.75) is 38.2 Å². The fourth-order valence-corrected chi connectivity index (χ4v) is 5.82. The van der Waals surface area contributed by atoms with Crippen molar-refractivity contribution < 1.29 is 9.52 Å². The van der Waals surface area contributed by atoms with Gasteiger partial charge in [-0.1, -0.05) is 18.2 Å². The molecule has 1 aromatic carbocycles. The zero-order valence-corrected chi connectivity index (χ0v) is 12.2. The molecule has 6 rings (SSSR count). The van der Waals surface area contributed by atoms with Crippen LogP contribution in [-0.4, -0.2) is 5.11 Å². The van der Waals surface area contributed by atoms with Gasteiger partial charge in [0.05, 0.1) is 0 Å². The van der Waals surface area contributed by atoms with Crippen LogP contribution < -0.4 is 0 Å². The summed E-state index contributed by atoms with van der Waals surface area (Å²) in [4.78, 5) is 0. The highest BCUT2D eigenvalue weighted by molar-refractivity contribution is 5.77. The molecule has 2 aromatic rings. The zero-order valence-electron chi connectivity index (χ0n) is 12.2. The van der Waals surface area contributed by atoms with E-state index in [0.29, 0.717) is 5.92 Å². The maximum Gasteiger partial charge on any atom is 0.134 e. The molecule has 1 atom stereocenters. The molecule has 1 heterocycles. The maximum atomic E-state index is 11.0. The summed E-state index contributed by atoms with van der Waals surface area (Å²) >= 11 is 0. The van der Waals surface area contributed by atoms with E-state index in [1.165, 1.54) is 32.1 Å². The van der Waals surface area contributed by atoms with Crippen molar-refractivity contribution in [3.8, 4) is 0 Å². The average Bonchev–Trinajstić information content (AvgIpc) is 2.89. The van der Waals surface area contributed by atoms with Crippen molar-refractivity contribution in [3.05, 3.63) is 36.1 Å². The molecular weight excluding hydrogens is 260 g/mol. The molecule has 4 bridgehead atoms. The second kappa shape index (κ2) is 4.36. The Morgan fingerprint density at radius 1 is 0.952 bits per heavy atom. The summed E-state index contributed by atoms with van der Waals surface area (Å²) in [5.74, 6) is 4.57. The van der Waals surface area contributed by atoms with E-state index in [1.54, 1.807) is 0 Å². The summed E-state index contributed by atoms with van der Waals surface area (Å²) in [7, 11) is 0. The van der Waals surface area contributed by atoms with Crippen LogP contribution in [0.5, 0.6) is 0 Å². The summed E-state index contributed by atoms with van der Waals surface area (Å²) < 4.78 is 5.94. The van der Waals surface area contributed by atoms with Crippen LogP contribution in [-0.2, 0) is 0 Å². The van der Waals surface area contributed by atoms with Gasteiger partial charge >= 0.3 is 0 Å². The number of benzene rings is 1. The third kappa shape index (κ3) is 1.81. The molecule has 1 unspecified atom stereocenters. The van der Waals surface area contributed by atoms with Crippen molar-refractivity contribution in [2.24, 2.45) is 29.6 Å². The van der Waals surface area contributed by atoms with Gasteiger partial charge < -0.3 is 9.52 Å². The van der Waals surface area contributed by atoms with E-state index in [1.807, 2.05) is 24.3 Å². The predicted molar refractivity (Wildman–Crippen MR) is 81.7 cm³/mol. The van der Waals surface area contributed by atoms with E-state index in [4.69, 9.17) is 4.42 Å². The minimum atomic E-state index is -0.410. The van der Waals surface area contributed by atoms with Crippen molar-refractivity contribution in [2.75, 3.05) is 0 Å². The first-order valence-corrected chi connectivity index (χ1v) is 8.44. The number of para-hydroxylation sites is 1. The number of aliphatic hydroxyl groups is 1. The minimum Gasteiger partial charge on any atom is -0.458 e. The van der Waals surface area contributed by atoms with Crippen LogP contribution in [0.1, 0.15) is 44.0 Å². The van der Waals surface area contributed by atoms with Gasteiger partial charge in [-0.25, -0.2) is 0 Å². The minimum absolute atomic E-state index is 0.410. The van der Waals surface area contributed by atoms with Crippen LogP contribution in [0.4, 0.5) is 0 Å². The van der Waals surface area contributed by atoms with Gasteiger partial charge in [0.2, 0.25) is 0 Å². The predicted octanol–water partition coefficient (Wildman–Crippen LogP) is 4.54. The Kier molecular flexibility index (Phi) is 2.55. The molecule has 0 spiro atoms. The van der Waals surface area contributed by atoms with E-state index >= 15 is 0 Å². The van der Waals surface area contributed by atoms with Crippen LogP contribution >= 0.6 is 0 Å². The summed E-state index contributed by atoms with van der Waals surface area (Å²) in [6.07, 6.45) is 6.42. The Labute approximate surface area is 125 Å². The smallest absolute Gasteiger partial charge is 0.134 e. The van der Waals surface area contributed by atoms with E-state index in [0.717, 1.165) is 40.4 Å². The monoisotopic (exact) mass is 282 g/mol. The van der Waals surface area contributed by atoms with Gasteiger partial charge in [-0.3, -0.25) is 0 Å². The molecule has 110 valence electrons. The molecule has 0 saturated heterocycles. The van der Waals surface area contributed by atoms with Gasteiger partial charge in [0.15, 0.2) is 0 Å². The lowest BCUT2D eigenvalue weighted by Gasteiger charge is -2.55. The molecular formula is C19H22O2. The molecule has 21 heavy (non-hydrogen) atoms. The van der Waals surface area contributed by atoms with Gasteiger partial charge in [0, 0.05) is 5.39 Å². The first kappa shape index (κ1) is 12.3. The average molecular weight is 282 g/mol. The van der Waals surface area contributed by atoms with E-state index in [9.17, 15) is 5.11 Å². The lowest BCUT2D eigenvalue weighted by atomic mass is 9.51. The van der Waals surface area contributed by atoms with Gasteiger partial charge in [-0.15, -0.1) is 0 Å². The molecule has 2 heteroatoms. The Hall–Kier alpha value is -1.28. The number of fused-ring (bicyclic) bond motifs is 1. The maximum absolute atomic E-state index is 11.0. The number of furan rings is 1. The topological polar surface area (TPSA) is 33.4 Å². The zero-order chi connectivity index (χ0) is 14.0. The van der Waals surface area contributed by atoms with Gasteiger partial charge in [0.1, 0.15) is 17.4 Å². The van der Waals surface area contributed by atoms with Crippen molar-refractivity contribution >= 4 is 11.0 Å². The van der Waals surface area contributed by atoms with E-state index in [-0.39, 0.29) is 0 Å². The Morgan fingerprint density at radius 3 is 2.29 bits per heavy atom. The van der Waals surface area contributed by atoms with Crippen molar-refractivity contribution in [1.82, 2.24) is 0 Å². The number of aliphatic hydroxyl groups excluding tert-OH is 1. The molecule has 4 saturated carbocycles. The quantitative estimate of drug-likeness (QED) is 0.877. The summed E-state index contributed by atoms with van der Waals surface area (Å²) in [5.41, 5.74) is 0.898.